The average molecular weight is 254 g/mol. The lowest BCUT2D eigenvalue weighted by Gasteiger charge is -2.14. The third-order valence-electron chi connectivity index (χ3n) is 2.50. The molecule has 0 saturated heterocycles. The quantitative estimate of drug-likeness (QED) is 0.783. The highest BCUT2D eigenvalue weighted by Crippen LogP contribution is 2.18. The van der Waals surface area contributed by atoms with Gasteiger partial charge in [0.1, 0.15) is 18.0 Å². The van der Waals surface area contributed by atoms with Crippen LogP contribution in [0.2, 0.25) is 0 Å². The maximum absolute atomic E-state index is 4.28. The normalized spacial score (nSPS) is 12.2. The highest BCUT2D eigenvalue weighted by atomic mass is 32.2. The third kappa shape index (κ3) is 4.42. The van der Waals surface area contributed by atoms with Crippen molar-refractivity contribution in [3.63, 3.8) is 0 Å². The molecule has 0 amide bonds. The van der Waals surface area contributed by atoms with E-state index in [9.17, 15) is 0 Å². The van der Waals surface area contributed by atoms with E-state index in [0.29, 0.717) is 5.92 Å². The van der Waals surface area contributed by atoms with E-state index in [0.717, 1.165) is 36.0 Å². The van der Waals surface area contributed by atoms with Gasteiger partial charge in [-0.3, -0.25) is 0 Å². The third-order valence-corrected chi connectivity index (χ3v) is 3.40. The molecule has 96 valence electrons. The number of aromatic nitrogens is 2. The van der Waals surface area contributed by atoms with Gasteiger partial charge in [0.25, 0.3) is 0 Å². The van der Waals surface area contributed by atoms with Crippen molar-refractivity contribution in [2.45, 2.75) is 20.8 Å². The van der Waals surface area contributed by atoms with Crippen molar-refractivity contribution >= 4 is 23.4 Å². The first-order valence-corrected chi connectivity index (χ1v) is 7.36. The van der Waals surface area contributed by atoms with Crippen molar-refractivity contribution in [3.05, 3.63) is 11.9 Å². The second-order valence-corrected chi connectivity index (χ2v) is 5.08. The molecule has 0 aromatic carbocycles. The Morgan fingerprint density at radius 1 is 1.29 bits per heavy atom. The Bertz CT molecular complexity index is 343. The Labute approximate surface area is 108 Å². The van der Waals surface area contributed by atoms with Crippen LogP contribution in [-0.4, -0.2) is 35.1 Å². The number of hydrogen-bond donors (Lipinski definition) is 2. The van der Waals surface area contributed by atoms with Crippen LogP contribution in [0.1, 0.15) is 19.4 Å². The molecular weight excluding hydrogens is 232 g/mol. The fourth-order valence-corrected chi connectivity index (χ4v) is 2.28. The van der Waals surface area contributed by atoms with Gasteiger partial charge in [-0.05, 0) is 31.8 Å². The maximum Gasteiger partial charge on any atom is 0.134 e. The van der Waals surface area contributed by atoms with Crippen molar-refractivity contribution in [1.82, 2.24) is 9.97 Å². The molecule has 0 saturated carbocycles. The summed E-state index contributed by atoms with van der Waals surface area (Å²) in [5, 5.41) is 6.63. The molecule has 0 aliphatic carbocycles. The second-order valence-electron chi connectivity index (χ2n) is 4.17. The SMILES string of the molecule is CCNc1ncnc(NCC(C)CSC)c1C. The van der Waals surface area contributed by atoms with Gasteiger partial charge >= 0.3 is 0 Å². The number of rotatable bonds is 7. The Morgan fingerprint density at radius 2 is 1.94 bits per heavy atom. The van der Waals surface area contributed by atoms with Crippen molar-refractivity contribution in [3.8, 4) is 0 Å². The molecule has 1 atom stereocenters. The number of hydrogen-bond acceptors (Lipinski definition) is 5. The Kier molecular flexibility index (Phi) is 6.11. The molecule has 0 radical (unpaired) electrons. The summed E-state index contributed by atoms with van der Waals surface area (Å²) < 4.78 is 0. The predicted molar refractivity (Wildman–Crippen MR) is 77.0 cm³/mol. The topological polar surface area (TPSA) is 49.8 Å². The van der Waals surface area contributed by atoms with Crippen LogP contribution in [0.25, 0.3) is 0 Å². The summed E-state index contributed by atoms with van der Waals surface area (Å²) in [7, 11) is 0. The molecule has 0 aliphatic rings. The van der Waals surface area contributed by atoms with Crippen LogP contribution < -0.4 is 10.6 Å². The zero-order chi connectivity index (χ0) is 12.7. The summed E-state index contributed by atoms with van der Waals surface area (Å²) in [6.07, 6.45) is 3.74. The van der Waals surface area contributed by atoms with Gasteiger partial charge in [-0.15, -0.1) is 0 Å². The van der Waals surface area contributed by atoms with E-state index < -0.39 is 0 Å². The first kappa shape index (κ1) is 14.1. The summed E-state index contributed by atoms with van der Waals surface area (Å²) in [5.41, 5.74) is 1.09. The van der Waals surface area contributed by atoms with Gasteiger partial charge in [-0.25, -0.2) is 9.97 Å². The average Bonchev–Trinajstić information content (AvgIpc) is 2.31. The molecule has 17 heavy (non-hydrogen) atoms. The van der Waals surface area contributed by atoms with Gasteiger partial charge in [0.05, 0.1) is 0 Å². The van der Waals surface area contributed by atoms with Crippen molar-refractivity contribution < 1.29 is 0 Å². The van der Waals surface area contributed by atoms with E-state index in [4.69, 9.17) is 0 Å². The molecule has 2 N–H and O–H groups in total. The fourth-order valence-electron chi connectivity index (χ4n) is 1.59. The molecule has 0 bridgehead atoms. The van der Waals surface area contributed by atoms with Crippen LogP contribution in [0.4, 0.5) is 11.6 Å². The van der Waals surface area contributed by atoms with Gasteiger partial charge in [-0.1, -0.05) is 6.92 Å². The Morgan fingerprint density at radius 3 is 2.53 bits per heavy atom. The van der Waals surface area contributed by atoms with Gasteiger partial charge in [0.2, 0.25) is 0 Å². The second kappa shape index (κ2) is 7.37. The lowest BCUT2D eigenvalue weighted by molar-refractivity contribution is 0.699. The maximum atomic E-state index is 4.28. The fraction of sp³-hybridized carbons (Fsp3) is 0.667. The van der Waals surface area contributed by atoms with E-state index in [1.165, 1.54) is 0 Å². The number of anilines is 2. The van der Waals surface area contributed by atoms with E-state index in [-0.39, 0.29) is 0 Å². The van der Waals surface area contributed by atoms with Crippen molar-refractivity contribution in [1.29, 1.82) is 0 Å². The predicted octanol–water partition coefficient (Wildman–Crippen LogP) is 2.63. The van der Waals surface area contributed by atoms with E-state index in [1.54, 1.807) is 6.33 Å². The first-order valence-electron chi connectivity index (χ1n) is 5.97. The largest absolute Gasteiger partial charge is 0.370 e. The van der Waals surface area contributed by atoms with E-state index >= 15 is 0 Å². The van der Waals surface area contributed by atoms with Crippen LogP contribution in [0, 0.1) is 12.8 Å². The minimum atomic E-state index is 0.641. The lowest BCUT2D eigenvalue weighted by atomic mass is 10.2. The molecule has 0 spiro atoms. The van der Waals surface area contributed by atoms with Crippen LogP contribution in [0.3, 0.4) is 0 Å². The first-order chi connectivity index (χ1) is 8.19. The van der Waals surface area contributed by atoms with Crippen LogP contribution >= 0.6 is 11.8 Å². The standard InChI is InChI=1S/C12H22N4S/c1-5-13-11-10(3)12(16-8-15-11)14-6-9(2)7-17-4/h8-9H,5-7H2,1-4H3,(H2,13,14,15,16). The molecule has 5 heteroatoms. The number of nitrogens with one attached hydrogen (secondary N) is 2. The molecule has 0 aliphatic heterocycles. The molecule has 0 fully saturated rings. The van der Waals surface area contributed by atoms with Crippen LogP contribution in [0.15, 0.2) is 6.33 Å². The summed E-state index contributed by atoms with van der Waals surface area (Å²) >= 11 is 1.88. The van der Waals surface area contributed by atoms with Crippen LogP contribution in [0.5, 0.6) is 0 Å². The molecule has 1 heterocycles. The van der Waals surface area contributed by atoms with Gasteiger partial charge in [0, 0.05) is 18.7 Å². The highest BCUT2D eigenvalue weighted by Gasteiger charge is 2.07. The van der Waals surface area contributed by atoms with Crippen LogP contribution in [-0.2, 0) is 0 Å². The van der Waals surface area contributed by atoms with Gasteiger partial charge in [-0.2, -0.15) is 11.8 Å². The summed E-state index contributed by atoms with van der Waals surface area (Å²) in [6.45, 7) is 8.17. The van der Waals surface area contributed by atoms with E-state index in [2.05, 4.69) is 40.7 Å². The summed E-state index contributed by atoms with van der Waals surface area (Å²) in [6, 6.07) is 0. The smallest absolute Gasteiger partial charge is 0.134 e. The molecule has 1 aromatic heterocycles. The minimum Gasteiger partial charge on any atom is -0.370 e. The zero-order valence-corrected chi connectivity index (χ0v) is 11.9. The van der Waals surface area contributed by atoms with Gasteiger partial charge in [0.15, 0.2) is 0 Å². The molecule has 1 aromatic rings. The molecule has 4 nitrogen and oxygen atoms in total. The zero-order valence-electron chi connectivity index (χ0n) is 11.1. The minimum absolute atomic E-state index is 0.641. The lowest BCUT2D eigenvalue weighted by Crippen LogP contribution is -2.15. The highest BCUT2D eigenvalue weighted by molar-refractivity contribution is 7.98. The summed E-state index contributed by atoms with van der Waals surface area (Å²) in [5.74, 6) is 3.66. The molecular formula is C12H22N4S. The Balaban J connectivity index is 2.61. The van der Waals surface area contributed by atoms with Crippen molar-refractivity contribution in [2.24, 2.45) is 5.92 Å². The Hall–Kier alpha value is -0.970. The van der Waals surface area contributed by atoms with E-state index in [1.807, 2.05) is 18.7 Å². The monoisotopic (exact) mass is 254 g/mol. The molecule has 1 unspecified atom stereocenters. The number of nitrogens with zero attached hydrogens (tertiary/aromatic N) is 2. The summed E-state index contributed by atoms with van der Waals surface area (Å²) in [4.78, 5) is 8.51. The number of thioether (sulfide) groups is 1. The van der Waals surface area contributed by atoms with Gasteiger partial charge < -0.3 is 10.6 Å². The molecule has 1 rings (SSSR count). The van der Waals surface area contributed by atoms with Crippen molar-refractivity contribution in [2.75, 3.05) is 35.7 Å².